The van der Waals surface area contributed by atoms with E-state index in [-0.39, 0.29) is 0 Å². The van der Waals surface area contributed by atoms with Crippen molar-refractivity contribution in [2.45, 2.75) is 71.9 Å². The van der Waals surface area contributed by atoms with Crippen molar-refractivity contribution in [3.05, 3.63) is 11.9 Å². The molecule has 0 aromatic carbocycles. The van der Waals surface area contributed by atoms with Gasteiger partial charge in [-0.05, 0) is 45.1 Å². The van der Waals surface area contributed by atoms with E-state index >= 15 is 0 Å². The predicted molar refractivity (Wildman–Crippen MR) is 86.8 cm³/mol. The van der Waals surface area contributed by atoms with Gasteiger partial charge in [-0.25, -0.2) is 0 Å². The fraction of sp³-hybridized carbons (Fsp3) is 0.824. The van der Waals surface area contributed by atoms with Crippen molar-refractivity contribution in [3.63, 3.8) is 0 Å². The molecule has 0 amide bonds. The molecule has 0 bridgehead atoms. The molecule has 4 heteroatoms. The van der Waals surface area contributed by atoms with Crippen molar-refractivity contribution >= 4 is 0 Å². The normalized spacial score (nSPS) is 19.1. The van der Waals surface area contributed by atoms with Crippen LogP contribution in [0, 0.1) is 5.41 Å². The second-order valence-corrected chi connectivity index (χ2v) is 6.88. The van der Waals surface area contributed by atoms with Crippen LogP contribution in [-0.4, -0.2) is 23.4 Å². The molecule has 1 heterocycles. The van der Waals surface area contributed by atoms with Crippen LogP contribution in [-0.2, 0) is 0 Å². The molecule has 1 fully saturated rings. The zero-order chi connectivity index (χ0) is 15.5. The number of hydrogen-bond acceptors (Lipinski definition) is 3. The van der Waals surface area contributed by atoms with Crippen LogP contribution < -0.4 is 10.1 Å². The summed E-state index contributed by atoms with van der Waals surface area (Å²) in [5.74, 6) is 0.922. The quantitative estimate of drug-likeness (QED) is 0.823. The maximum atomic E-state index is 5.62. The van der Waals surface area contributed by atoms with Crippen LogP contribution in [0.4, 0.5) is 0 Å². The standard InChI is InChI=1S/C17H31N3O/c1-6-11-18-16(17(4)9-7-8-10-17)15-14(21-5)12-19-20(15)13(2)3/h12-13,16,18H,6-11H2,1-5H3. The Labute approximate surface area is 129 Å². The monoisotopic (exact) mass is 293 g/mol. The van der Waals surface area contributed by atoms with E-state index in [0.717, 1.165) is 18.7 Å². The molecule has 1 aromatic heterocycles. The van der Waals surface area contributed by atoms with Crippen molar-refractivity contribution in [1.82, 2.24) is 15.1 Å². The molecule has 4 nitrogen and oxygen atoms in total. The summed E-state index contributed by atoms with van der Waals surface area (Å²) in [5, 5.41) is 8.35. The topological polar surface area (TPSA) is 39.1 Å². The smallest absolute Gasteiger partial charge is 0.161 e. The highest BCUT2D eigenvalue weighted by Gasteiger charge is 2.41. The number of ether oxygens (including phenoxy) is 1. The molecule has 1 atom stereocenters. The summed E-state index contributed by atoms with van der Waals surface area (Å²) < 4.78 is 7.75. The minimum absolute atomic E-state index is 0.301. The van der Waals surface area contributed by atoms with Gasteiger partial charge < -0.3 is 10.1 Å². The van der Waals surface area contributed by atoms with Crippen LogP contribution in [0.15, 0.2) is 6.20 Å². The fourth-order valence-electron chi connectivity index (χ4n) is 3.63. The van der Waals surface area contributed by atoms with Crippen molar-refractivity contribution in [1.29, 1.82) is 0 Å². The maximum absolute atomic E-state index is 5.62. The molecule has 21 heavy (non-hydrogen) atoms. The maximum Gasteiger partial charge on any atom is 0.161 e. The Morgan fingerprint density at radius 3 is 2.57 bits per heavy atom. The van der Waals surface area contributed by atoms with Gasteiger partial charge in [0, 0.05) is 6.04 Å². The third kappa shape index (κ3) is 3.25. The van der Waals surface area contributed by atoms with Gasteiger partial charge >= 0.3 is 0 Å². The summed E-state index contributed by atoms with van der Waals surface area (Å²) in [5.41, 5.74) is 1.53. The van der Waals surface area contributed by atoms with Crippen molar-refractivity contribution in [2.24, 2.45) is 5.41 Å². The minimum atomic E-state index is 0.301. The highest BCUT2D eigenvalue weighted by atomic mass is 16.5. The Hall–Kier alpha value is -1.03. The lowest BCUT2D eigenvalue weighted by molar-refractivity contribution is 0.205. The third-order valence-electron chi connectivity index (χ3n) is 4.82. The predicted octanol–water partition coefficient (Wildman–Crippen LogP) is 4.09. The molecule has 1 unspecified atom stereocenters. The highest BCUT2D eigenvalue weighted by molar-refractivity contribution is 5.30. The molecule has 1 saturated carbocycles. The van der Waals surface area contributed by atoms with Gasteiger partial charge in [0.05, 0.1) is 25.0 Å². The van der Waals surface area contributed by atoms with Crippen molar-refractivity contribution < 1.29 is 4.74 Å². The largest absolute Gasteiger partial charge is 0.493 e. The van der Waals surface area contributed by atoms with Crippen LogP contribution >= 0.6 is 0 Å². The molecule has 0 aliphatic heterocycles. The summed E-state index contributed by atoms with van der Waals surface area (Å²) >= 11 is 0. The number of methoxy groups -OCH3 is 1. The Balaban J connectivity index is 2.42. The van der Waals surface area contributed by atoms with E-state index in [1.165, 1.54) is 31.4 Å². The molecule has 1 N–H and O–H groups in total. The molecule has 1 aliphatic rings. The first kappa shape index (κ1) is 16.3. The summed E-state index contributed by atoms with van der Waals surface area (Å²) in [4.78, 5) is 0. The number of aromatic nitrogens is 2. The molecule has 1 aliphatic carbocycles. The van der Waals surface area contributed by atoms with Crippen LogP contribution in [0.3, 0.4) is 0 Å². The van der Waals surface area contributed by atoms with Gasteiger partial charge in [-0.2, -0.15) is 5.10 Å². The Kier molecular flexibility index (Phi) is 5.31. The molecule has 2 rings (SSSR count). The second-order valence-electron chi connectivity index (χ2n) is 6.88. The molecular weight excluding hydrogens is 262 g/mol. The SMILES string of the molecule is CCCNC(c1c(OC)cnn1C(C)C)C1(C)CCCC1. The van der Waals surface area contributed by atoms with Gasteiger partial charge in [0.2, 0.25) is 0 Å². The average Bonchev–Trinajstić information content (AvgIpc) is 3.06. The van der Waals surface area contributed by atoms with Gasteiger partial charge in [-0.3, -0.25) is 4.68 Å². The summed E-state index contributed by atoms with van der Waals surface area (Å²) in [6.07, 6.45) is 8.23. The van der Waals surface area contributed by atoms with E-state index in [4.69, 9.17) is 4.74 Å². The molecule has 0 saturated heterocycles. The lowest BCUT2D eigenvalue weighted by Crippen LogP contribution is -2.37. The van der Waals surface area contributed by atoms with E-state index in [0.29, 0.717) is 17.5 Å². The van der Waals surface area contributed by atoms with Crippen LogP contribution in [0.5, 0.6) is 5.75 Å². The van der Waals surface area contributed by atoms with E-state index in [1.54, 1.807) is 7.11 Å². The Bertz CT molecular complexity index is 447. The Morgan fingerprint density at radius 2 is 2.05 bits per heavy atom. The zero-order valence-electron chi connectivity index (χ0n) is 14.3. The van der Waals surface area contributed by atoms with Crippen LogP contribution in [0.2, 0.25) is 0 Å². The summed E-state index contributed by atoms with van der Waals surface area (Å²) in [7, 11) is 1.75. The van der Waals surface area contributed by atoms with E-state index in [1.807, 2.05) is 6.20 Å². The summed E-state index contributed by atoms with van der Waals surface area (Å²) in [6.45, 7) is 10.0. The highest BCUT2D eigenvalue weighted by Crippen LogP contribution is 2.49. The first-order valence-electron chi connectivity index (χ1n) is 8.38. The number of nitrogens with zero attached hydrogens (tertiary/aromatic N) is 2. The van der Waals surface area contributed by atoms with E-state index < -0.39 is 0 Å². The number of hydrogen-bond donors (Lipinski definition) is 1. The van der Waals surface area contributed by atoms with Gasteiger partial charge in [-0.1, -0.05) is 26.7 Å². The fourth-order valence-corrected chi connectivity index (χ4v) is 3.63. The lowest BCUT2D eigenvalue weighted by Gasteiger charge is -2.36. The van der Waals surface area contributed by atoms with Crippen LogP contribution in [0.1, 0.15) is 77.6 Å². The summed E-state index contributed by atoms with van der Waals surface area (Å²) in [6, 6.07) is 0.666. The molecule has 1 aromatic rings. The number of nitrogens with one attached hydrogen (secondary N) is 1. The zero-order valence-corrected chi connectivity index (χ0v) is 14.3. The molecule has 120 valence electrons. The molecule has 0 spiro atoms. The molecular formula is C17H31N3O. The first-order valence-corrected chi connectivity index (χ1v) is 8.38. The van der Waals surface area contributed by atoms with Crippen molar-refractivity contribution in [3.8, 4) is 5.75 Å². The Morgan fingerprint density at radius 1 is 1.38 bits per heavy atom. The lowest BCUT2D eigenvalue weighted by atomic mass is 9.78. The number of rotatable bonds is 7. The first-order chi connectivity index (χ1) is 10.0. The van der Waals surface area contributed by atoms with Gasteiger partial charge in [0.15, 0.2) is 5.75 Å². The van der Waals surface area contributed by atoms with E-state index in [2.05, 4.69) is 42.8 Å². The van der Waals surface area contributed by atoms with Crippen molar-refractivity contribution in [2.75, 3.05) is 13.7 Å². The van der Waals surface area contributed by atoms with Gasteiger partial charge in [0.25, 0.3) is 0 Å². The van der Waals surface area contributed by atoms with Gasteiger partial charge in [-0.15, -0.1) is 0 Å². The van der Waals surface area contributed by atoms with E-state index in [9.17, 15) is 0 Å². The van der Waals surface area contributed by atoms with Crippen LogP contribution in [0.25, 0.3) is 0 Å². The van der Waals surface area contributed by atoms with Gasteiger partial charge in [0.1, 0.15) is 0 Å². The second kappa shape index (κ2) is 6.82. The molecule has 0 radical (unpaired) electrons. The third-order valence-corrected chi connectivity index (χ3v) is 4.82. The minimum Gasteiger partial charge on any atom is -0.493 e. The average molecular weight is 293 g/mol.